The van der Waals surface area contributed by atoms with E-state index >= 15 is 0 Å². The summed E-state index contributed by atoms with van der Waals surface area (Å²) in [6.45, 7) is 7.24. The first-order chi connectivity index (χ1) is 17.0. The third-order valence-electron chi connectivity index (χ3n) is 6.30. The second-order valence-electron chi connectivity index (χ2n) is 10.5. The van der Waals surface area contributed by atoms with Crippen molar-refractivity contribution in [2.24, 2.45) is 0 Å². The van der Waals surface area contributed by atoms with Crippen LogP contribution in [0.25, 0.3) is 10.9 Å². The molecule has 1 aromatic carbocycles. The van der Waals surface area contributed by atoms with Gasteiger partial charge in [0, 0.05) is 49.2 Å². The van der Waals surface area contributed by atoms with Gasteiger partial charge in [0.1, 0.15) is 5.60 Å². The summed E-state index contributed by atoms with van der Waals surface area (Å²) < 4.78 is 13.2. The first-order valence-corrected chi connectivity index (χ1v) is 12.8. The number of benzene rings is 1. The number of carboxylic acid groups (broad SMARTS) is 1. The summed E-state index contributed by atoms with van der Waals surface area (Å²) in [6, 6.07) is 6.07. The van der Waals surface area contributed by atoms with Crippen molar-refractivity contribution in [3.05, 3.63) is 35.0 Å². The van der Waals surface area contributed by atoms with E-state index in [4.69, 9.17) is 26.2 Å². The largest absolute Gasteiger partial charge is 0.481 e. The van der Waals surface area contributed by atoms with Gasteiger partial charge in [-0.25, -0.2) is 4.79 Å². The van der Waals surface area contributed by atoms with E-state index in [1.54, 1.807) is 4.90 Å². The van der Waals surface area contributed by atoms with E-state index in [1.807, 2.05) is 54.6 Å². The molecule has 1 saturated heterocycles. The number of carbonyl (C=O) groups excluding carboxylic acids is 2. The first kappa shape index (κ1) is 26.3. The predicted octanol–water partition coefficient (Wildman–Crippen LogP) is 4.29. The van der Waals surface area contributed by atoms with Gasteiger partial charge in [-0.2, -0.15) is 0 Å². The molecule has 0 spiro atoms. The molecule has 196 valence electrons. The van der Waals surface area contributed by atoms with Crippen LogP contribution in [0.5, 0.6) is 0 Å². The van der Waals surface area contributed by atoms with Gasteiger partial charge in [-0.05, 0) is 51.7 Å². The molecule has 1 atom stereocenters. The maximum absolute atomic E-state index is 13.5. The van der Waals surface area contributed by atoms with Gasteiger partial charge < -0.3 is 28.9 Å². The molecule has 4 rings (SSSR count). The Balaban J connectivity index is 1.47. The second-order valence-corrected chi connectivity index (χ2v) is 10.9. The molecule has 1 aliphatic heterocycles. The van der Waals surface area contributed by atoms with Crippen molar-refractivity contribution >= 4 is 40.5 Å². The van der Waals surface area contributed by atoms with Crippen LogP contribution in [0.2, 0.25) is 5.02 Å². The topological polar surface area (TPSA) is 101 Å². The zero-order valence-corrected chi connectivity index (χ0v) is 21.8. The first-order valence-electron chi connectivity index (χ1n) is 12.4. The lowest BCUT2D eigenvalue weighted by Gasteiger charge is -2.36. The summed E-state index contributed by atoms with van der Waals surface area (Å²) in [7, 11) is 0. The predicted molar refractivity (Wildman–Crippen MR) is 135 cm³/mol. The van der Waals surface area contributed by atoms with Crippen LogP contribution in [0.4, 0.5) is 4.79 Å². The number of aliphatic carboxylic acids is 1. The third kappa shape index (κ3) is 6.50. The molecule has 0 radical (unpaired) electrons. The minimum absolute atomic E-state index is 0.0860. The van der Waals surface area contributed by atoms with Crippen LogP contribution in [0.15, 0.2) is 24.4 Å². The number of amides is 2. The molecule has 1 aliphatic carbocycles. The molecular weight excluding hydrogens is 486 g/mol. The minimum atomic E-state index is -0.827. The van der Waals surface area contributed by atoms with Crippen molar-refractivity contribution in [1.29, 1.82) is 0 Å². The van der Waals surface area contributed by atoms with Gasteiger partial charge in [-0.3, -0.25) is 9.59 Å². The van der Waals surface area contributed by atoms with Crippen molar-refractivity contribution in [3.63, 3.8) is 0 Å². The van der Waals surface area contributed by atoms with Gasteiger partial charge in [0.15, 0.2) is 6.10 Å². The Labute approximate surface area is 215 Å². The van der Waals surface area contributed by atoms with Crippen molar-refractivity contribution < 1.29 is 29.0 Å². The summed E-state index contributed by atoms with van der Waals surface area (Å²) in [5.74, 6) is -0.951. The number of ether oxygens (including phenoxy) is 2. The highest BCUT2D eigenvalue weighted by Crippen LogP contribution is 2.32. The van der Waals surface area contributed by atoms with Gasteiger partial charge in [0.2, 0.25) is 0 Å². The molecule has 36 heavy (non-hydrogen) atoms. The number of hydrogen-bond acceptors (Lipinski definition) is 5. The Hall–Kier alpha value is -2.78. The summed E-state index contributed by atoms with van der Waals surface area (Å²) >= 11 is 6.41. The molecule has 2 heterocycles. The summed E-state index contributed by atoms with van der Waals surface area (Å²) in [4.78, 5) is 40.4. The lowest BCUT2D eigenvalue weighted by atomic mass is 10.1. The van der Waals surface area contributed by atoms with E-state index in [1.165, 1.54) is 0 Å². The Morgan fingerprint density at radius 3 is 2.67 bits per heavy atom. The van der Waals surface area contributed by atoms with E-state index in [9.17, 15) is 14.4 Å². The molecule has 1 N–H and O–H groups in total. The molecule has 2 aliphatic rings. The third-order valence-corrected chi connectivity index (χ3v) is 6.61. The molecule has 2 aromatic rings. The molecule has 1 saturated carbocycles. The maximum Gasteiger partial charge on any atom is 0.410 e. The van der Waals surface area contributed by atoms with E-state index < -0.39 is 23.8 Å². The number of hydrogen-bond donors (Lipinski definition) is 1. The number of nitrogens with zero attached hydrogens (tertiary/aromatic N) is 3. The number of carbonyl (C=O) groups is 3. The van der Waals surface area contributed by atoms with Gasteiger partial charge in [-0.15, -0.1) is 0 Å². The van der Waals surface area contributed by atoms with E-state index in [2.05, 4.69) is 0 Å². The average Bonchev–Trinajstić information content (AvgIpc) is 3.60. The highest BCUT2D eigenvalue weighted by Gasteiger charge is 2.39. The Morgan fingerprint density at radius 2 is 2.00 bits per heavy atom. The molecular formula is C26H34ClN3O6. The number of aromatic nitrogens is 1. The molecule has 2 fully saturated rings. The van der Waals surface area contributed by atoms with Crippen LogP contribution in [0.1, 0.15) is 52.0 Å². The fourth-order valence-corrected chi connectivity index (χ4v) is 4.70. The van der Waals surface area contributed by atoms with Crippen LogP contribution in [0, 0.1) is 0 Å². The van der Waals surface area contributed by atoms with Crippen LogP contribution >= 0.6 is 11.6 Å². The van der Waals surface area contributed by atoms with Crippen molar-refractivity contribution in [3.8, 4) is 0 Å². The van der Waals surface area contributed by atoms with Crippen LogP contribution < -0.4 is 0 Å². The highest BCUT2D eigenvalue weighted by molar-refractivity contribution is 6.35. The Kier molecular flexibility index (Phi) is 7.80. The van der Waals surface area contributed by atoms with Crippen molar-refractivity contribution in [2.75, 3.05) is 19.7 Å². The van der Waals surface area contributed by atoms with Gasteiger partial charge in [0.05, 0.1) is 18.2 Å². The molecule has 1 unspecified atom stereocenters. The molecule has 10 heteroatoms. The normalized spacial score (nSPS) is 18.3. The highest BCUT2D eigenvalue weighted by atomic mass is 35.5. The number of carboxylic acids is 1. The lowest BCUT2D eigenvalue weighted by Crippen LogP contribution is -2.53. The number of fused-ring (bicyclic) bond motifs is 1. The second kappa shape index (κ2) is 10.7. The van der Waals surface area contributed by atoms with Crippen LogP contribution in [0.3, 0.4) is 0 Å². The zero-order valence-electron chi connectivity index (χ0n) is 21.0. The van der Waals surface area contributed by atoms with Gasteiger partial charge in [-0.1, -0.05) is 23.7 Å². The van der Waals surface area contributed by atoms with Crippen molar-refractivity contribution in [1.82, 2.24) is 14.4 Å². The molecule has 1 aromatic heterocycles. The summed E-state index contributed by atoms with van der Waals surface area (Å²) in [6.07, 6.45) is 3.12. The average molecular weight is 520 g/mol. The maximum atomic E-state index is 13.5. The zero-order chi connectivity index (χ0) is 26.0. The standard InChI is InChI=1S/C26H34ClN3O6/c1-26(2,3)36-25(34)29-11-12-35-22(16-29)24(33)30(18-7-8-18)14-17-6-9-19-20(27)15-28(21(19)13-17)10-4-5-23(31)32/h6,9,13,15,18,22H,4-5,7-8,10-12,14,16H2,1-3H3,(H,31,32). The fraction of sp³-hybridized carbons (Fsp3) is 0.577. The molecule has 9 nitrogen and oxygen atoms in total. The molecule has 0 bridgehead atoms. The minimum Gasteiger partial charge on any atom is -0.481 e. The fourth-order valence-electron chi connectivity index (χ4n) is 4.42. The van der Waals surface area contributed by atoms with E-state index in [0.29, 0.717) is 31.1 Å². The van der Waals surface area contributed by atoms with Gasteiger partial charge in [0.25, 0.3) is 5.91 Å². The smallest absolute Gasteiger partial charge is 0.410 e. The monoisotopic (exact) mass is 519 g/mol. The lowest BCUT2D eigenvalue weighted by molar-refractivity contribution is -0.150. The number of morpholine rings is 1. The van der Waals surface area contributed by atoms with Crippen molar-refractivity contribution in [2.45, 2.75) is 77.3 Å². The van der Waals surface area contributed by atoms with Crippen LogP contribution in [-0.2, 0) is 32.2 Å². The number of aryl methyl sites for hydroxylation is 1. The van der Waals surface area contributed by atoms with Crippen LogP contribution in [-0.4, -0.2) is 74.9 Å². The summed E-state index contributed by atoms with van der Waals surface area (Å²) in [5.41, 5.74) is 1.26. The van der Waals surface area contributed by atoms with Gasteiger partial charge >= 0.3 is 12.1 Å². The van der Waals surface area contributed by atoms with E-state index in [-0.39, 0.29) is 31.5 Å². The van der Waals surface area contributed by atoms with E-state index in [0.717, 1.165) is 29.3 Å². The Bertz CT molecular complexity index is 1140. The quantitative estimate of drug-likeness (QED) is 0.558. The molecule has 2 amide bonds. The number of halogens is 1. The number of rotatable bonds is 8. The summed E-state index contributed by atoms with van der Waals surface area (Å²) in [5, 5.41) is 10.5. The Morgan fingerprint density at radius 1 is 1.25 bits per heavy atom. The SMILES string of the molecule is CC(C)(C)OC(=O)N1CCOC(C(=O)N(Cc2ccc3c(Cl)cn(CCCC(=O)O)c3c2)C2CC2)C1.